The van der Waals surface area contributed by atoms with Gasteiger partial charge in [0.15, 0.2) is 6.61 Å². The molecule has 5 nitrogen and oxygen atoms in total. The van der Waals surface area contributed by atoms with Crippen LogP contribution in [0.2, 0.25) is 0 Å². The molecule has 2 aromatic carbocycles. The SMILES string of the molecule is CCCNC(=O)C(C)N(Cc1ccc(F)cc1)C(=O)COc1cccc(C)c1C. The number of halogens is 1. The van der Waals surface area contributed by atoms with E-state index < -0.39 is 6.04 Å². The molecular formula is C23H29FN2O3. The molecule has 1 atom stereocenters. The summed E-state index contributed by atoms with van der Waals surface area (Å²) in [6, 6.07) is 10.9. The lowest BCUT2D eigenvalue weighted by Gasteiger charge is -2.29. The fourth-order valence-corrected chi connectivity index (χ4v) is 2.87. The minimum Gasteiger partial charge on any atom is -0.483 e. The van der Waals surface area contributed by atoms with Gasteiger partial charge in [0.1, 0.15) is 17.6 Å². The van der Waals surface area contributed by atoms with Crippen molar-refractivity contribution in [3.05, 3.63) is 65.0 Å². The van der Waals surface area contributed by atoms with Crippen molar-refractivity contribution in [2.75, 3.05) is 13.2 Å². The highest BCUT2D eigenvalue weighted by atomic mass is 19.1. The third-order valence-corrected chi connectivity index (χ3v) is 4.89. The first kappa shape index (κ1) is 22.4. The molecule has 1 N–H and O–H groups in total. The summed E-state index contributed by atoms with van der Waals surface area (Å²) in [4.78, 5) is 26.9. The highest BCUT2D eigenvalue weighted by Gasteiger charge is 2.26. The van der Waals surface area contributed by atoms with Crippen LogP contribution in [0.25, 0.3) is 0 Å². The molecule has 0 aliphatic rings. The molecule has 156 valence electrons. The number of rotatable bonds is 9. The van der Waals surface area contributed by atoms with Gasteiger partial charge in [-0.1, -0.05) is 31.2 Å². The third kappa shape index (κ3) is 6.31. The second kappa shape index (κ2) is 10.6. The average molecular weight is 400 g/mol. The maximum atomic E-state index is 13.2. The van der Waals surface area contributed by atoms with Crippen molar-refractivity contribution < 1.29 is 18.7 Å². The monoisotopic (exact) mass is 400 g/mol. The van der Waals surface area contributed by atoms with Crippen LogP contribution in [-0.4, -0.2) is 35.9 Å². The van der Waals surface area contributed by atoms with Gasteiger partial charge in [-0.05, 0) is 62.1 Å². The summed E-state index contributed by atoms with van der Waals surface area (Å²) < 4.78 is 19.0. The Morgan fingerprint density at radius 1 is 1.14 bits per heavy atom. The van der Waals surface area contributed by atoms with E-state index in [9.17, 15) is 14.0 Å². The van der Waals surface area contributed by atoms with Gasteiger partial charge in [-0.3, -0.25) is 9.59 Å². The van der Waals surface area contributed by atoms with Crippen LogP contribution in [0, 0.1) is 19.7 Å². The molecule has 0 spiro atoms. The van der Waals surface area contributed by atoms with Crippen LogP contribution in [0.3, 0.4) is 0 Å². The smallest absolute Gasteiger partial charge is 0.261 e. The van der Waals surface area contributed by atoms with E-state index in [1.807, 2.05) is 39.0 Å². The van der Waals surface area contributed by atoms with Crippen LogP contribution in [0.5, 0.6) is 5.75 Å². The first-order chi connectivity index (χ1) is 13.8. The fourth-order valence-electron chi connectivity index (χ4n) is 2.87. The second-order valence-electron chi connectivity index (χ2n) is 7.10. The van der Waals surface area contributed by atoms with Gasteiger partial charge in [0.2, 0.25) is 5.91 Å². The lowest BCUT2D eigenvalue weighted by atomic mass is 10.1. The zero-order valence-electron chi connectivity index (χ0n) is 17.5. The zero-order valence-corrected chi connectivity index (χ0v) is 17.5. The van der Waals surface area contributed by atoms with Crippen molar-refractivity contribution >= 4 is 11.8 Å². The van der Waals surface area contributed by atoms with Gasteiger partial charge >= 0.3 is 0 Å². The molecule has 0 saturated heterocycles. The van der Waals surface area contributed by atoms with Crippen LogP contribution in [0.4, 0.5) is 4.39 Å². The van der Waals surface area contributed by atoms with E-state index in [4.69, 9.17) is 4.74 Å². The van der Waals surface area contributed by atoms with Gasteiger partial charge in [-0.2, -0.15) is 0 Å². The van der Waals surface area contributed by atoms with Crippen LogP contribution in [-0.2, 0) is 16.1 Å². The number of hydrogen-bond donors (Lipinski definition) is 1. The number of ether oxygens (including phenoxy) is 1. The number of benzene rings is 2. The topological polar surface area (TPSA) is 58.6 Å². The van der Waals surface area contributed by atoms with E-state index >= 15 is 0 Å². The molecule has 0 heterocycles. The van der Waals surface area contributed by atoms with Gasteiger partial charge in [-0.25, -0.2) is 4.39 Å². The van der Waals surface area contributed by atoms with E-state index in [0.717, 1.165) is 23.1 Å². The number of hydrogen-bond acceptors (Lipinski definition) is 3. The van der Waals surface area contributed by atoms with Crippen molar-refractivity contribution in [1.82, 2.24) is 10.2 Å². The Morgan fingerprint density at radius 3 is 2.48 bits per heavy atom. The van der Waals surface area contributed by atoms with E-state index in [-0.39, 0.29) is 30.8 Å². The summed E-state index contributed by atoms with van der Waals surface area (Å²) in [5.41, 5.74) is 2.78. The summed E-state index contributed by atoms with van der Waals surface area (Å²) >= 11 is 0. The molecule has 2 aromatic rings. The maximum absolute atomic E-state index is 13.2. The molecule has 0 radical (unpaired) electrons. The molecule has 6 heteroatoms. The lowest BCUT2D eigenvalue weighted by molar-refractivity contribution is -0.142. The molecule has 0 fully saturated rings. The Bertz CT molecular complexity index is 837. The molecule has 0 aromatic heterocycles. The maximum Gasteiger partial charge on any atom is 0.261 e. The number of aryl methyl sites for hydroxylation is 1. The molecule has 0 bridgehead atoms. The highest BCUT2D eigenvalue weighted by Crippen LogP contribution is 2.21. The highest BCUT2D eigenvalue weighted by molar-refractivity contribution is 5.87. The Hall–Kier alpha value is -2.89. The summed E-state index contributed by atoms with van der Waals surface area (Å²) in [6.45, 7) is 8.11. The number of carbonyl (C=O) groups excluding carboxylic acids is 2. The molecule has 1 unspecified atom stereocenters. The van der Waals surface area contributed by atoms with Gasteiger partial charge in [0.25, 0.3) is 5.91 Å². The second-order valence-corrected chi connectivity index (χ2v) is 7.10. The number of amides is 2. The summed E-state index contributed by atoms with van der Waals surface area (Å²) in [6.07, 6.45) is 0.806. The standard InChI is InChI=1S/C23H29FN2O3/c1-5-13-25-23(28)18(4)26(14-19-9-11-20(24)12-10-19)22(27)15-29-21-8-6-7-16(2)17(21)3/h6-12,18H,5,13-15H2,1-4H3,(H,25,28). The fraction of sp³-hybridized carbons (Fsp3) is 0.391. The Balaban J connectivity index is 2.15. The van der Waals surface area contributed by atoms with Gasteiger partial charge in [0.05, 0.1) is 0 Å². The van der Waals surface area contributed by atoms with E-state index in [2.05, 4.69) is 5.32 Å². The minimum absolute atomic E-state index is 0.184. The quantitative estimate of drug-likeness (QED) is 0.697. The van der Waals surface area contributed by atoms with Crippen LogP contribution < -0.4 is 10.1 Å². The molecule has 29 heavy (non-hydrogen) atoms. The molecule has 0 aliphatic carbocycles. The van der Waals surface area contributed by atoms with E-state index in [0.29, 0.717) is 12.3 Å². The largest absolute Gasteiger partial charge is 0.483 e. The first-order valence-electron chi connectivity index (χ1n) is 9.84. The van der Waals surface area contributed by atoms with E-state index in [1.54, 1.807) is 19.1 Å². The van der Waals surface area contributed by atoms with Gasteiger partial charge in [0, 0.05) is 13.1 Å². The molecule has 2 amide bonds. The number of carbonyl (C=O) groups is 2. The average Bonchev–Trinajstić information content (AvgIpc) is 2.71. The van der Waals surface area contributed by atoms with Gasteiger partial charge < -0.3 is 15.0 Å². The van der Waals surface area contributed by atoms with Crippen LogP contribution in [0.15, 0.2) is 42.5 Å². The predicted molar refractivity (Wildman–Crippen MR) is 111 cm³/mol. The third-order valence-electron chi connectivity index (χ3n) is 4.89. The number of nitrogens with zero attached hydrogens (tertiary/aromatic N) is 1. The first-order valence-corrected chi connectivity index (χ1v) is 9.84. The summed E-state index contributed by atoms with van der Waals surface area (Å²) in [5, 5.41) is 2.82. The van der Waals surface area contributed by atoms with Crippen LogP contribution in [0.1, 0.15) is 37.0 Å². The van der Waals surface area contributed by atoms with Crippen molar-refractivity contribution in [1.29, 1.82) is 0 Å². The zero-order chi connectivity index (χ0) is 21.4. The van der Waals surface area contributed by atoms with Crippen LogP contribution >= 0.6 is 0 Å². The molecule has 0 saturated carbocycles. The number of nitrogens with one attached hydrogen (secondary N) is 1. The normalized spacial score (nSPS) is 11.6. The van der Waals surface area contributed by atoms with E-state index in [1.165, 1.54) is 17.0 Å². The lowest BCUT2D eigenvalue weighted by Crippen LogP contribution is -2.49. The van der Waals surface area contributed by atoms with Crippen molar-refractivity contribution in [2.24, 2.45) is 0 Å². The predicted octanol–water partition coefficient (Wildman–Crippen LogP) is 3.76. The summed E-state index contributed by atoms with van der Waals surface area (Å²) in [5.74, 6) is -0.245. The van der Waals surface area contributed by atoms with Crippen molar-refractivity contribution in [2.45, 2.75) is 46.7 Å². The Kier molecular flexibility index (Phi) is 8.19. The molecule has 0 aliphatic heterocycles. The molecule has 2 rings (SSSR count). The van der Waals surface area contributed by atoms with Crippen molar-refractivity contribution in [3.63, 3.8) is 0 Å². The Morgan fingerprint density at radius 2 is 1.83 bits per heavy atom. The van der Waals surface area contributed by atoms with Gasteiger partial charge in [-0.15, -0.1) is 0 Å². The molecular weight excluding hydrogens is 371 g/mol. The summed E-state index contributed by atoms with van der Waals surface area (Å²) in [7, 11) is 0. The van der Waals surface area contributed by atoms with Crippen molar-refractivity contribution in [3.8, 4) is 5.75 Å². The minimum atomic E-state index is -0.679. The Labute approximate surface area is 171 Å².